The van der Waals surface area contributed by atoms with Crippen molar-refractivity contribution in [3.63, 3.8) is 0 Å². The van der Waals surface area contributed by atoms with Crippen LogP contribution in [0.2, 0.25) is 0 Å². The van der Waals surface area contributed by atoms with E-state index in [0.717, 1.165) is 17.9 Å². The molecule has 0 aromatic heterocycles. The third kappa shape index (κ3) is 15.9. The minimum atomic E-state index is -0.625. The van der Waals surface area contributed by atoms with Gasteiger partial charge in [0.1, 0.15) is 6.61 Å². The Balaban J connectivity index is 3.14. The Hall–Kier alpha value is -0.970. The van der Waals surface area contributed by atoms with Gasteiger partial charge in [0.2, 0.25) is 0 Å². The van der Waals surface area contributed by atoms with Gasteiger partial charge in [-0.25, -0.2) is 0 Å². The van der Waals surface area contributed by atoms with Crippen LogP contribution in [0.3, 0.4) is 0 Å². The van der Waals surface area contributed by atoms with Crippen molar-refractivity contribution in [3.8, 4) is 0 Å². The van der Waals surface area contributed by atoms with Crippen LogP contribution in [0.4, 0.5) is 0 Å². The van der Waals surface area contributed by atoms with E-state index in [2.05, 4.69) is 10.6 Å². The van der Waals surface area contributed by atoms with Crippen LogP contribution in [0, 0.1) is 0 Å². The fraction of sp³-hybridized carbons (Fsp3) is 0.786. The van der Waals surface area contributed by atoms with Gasteiger partial charge in [-0.15, -0.1) is 0 Å². The fourth-order valence-corrected chi connectivity index (χ4v) is 3.27. The Labute approximate surface area is 150 Å². The minimum Gasteiger partial charge on any atom is -0.463 e. The molecule has 0 spiro atoms. The maximum atomic E-state index is 11.1. The number of hydrogen-bond donors (Lipinski definition) is 2. The van der Waals surface area contributed by atoms with Gasteiger partial charge < -0.3 is 24.8 Å². The zero-order valence-corrected chi connectivity index (χ0v) is 15.8. The van der Waals surface area contributed by atoms with Gasteiger partial charge >= 0.3 is 17.8 Å². The van der Waals surface area contributed by atoms with Gasteiger partial charge in [0.25, 0.3) is 0 Å². The summed E-state index contributed by atoms with van der Waals surface area (Å²) in [6.07, 6.45) is 0.926. The van der Waals surface area contributed by atoms with Gasteiger partial charge in [0, 0.05) is 38.6 Å². The van der Waals surface area contributed by atoms with Gasteiger partial charge in [-0.2, -0.15) is 0 Å². The standard InChI is InChI=1S/C14H26N2O6S2/c1-12(17)22-9-8-21-7-6-20-5-3-10-23-24-11-4-16-14(19)13(18)15-2/h3-11H2,1-2H3,(H,15,18)(H,16,19). The van der Waals surface area contributed by atoms with Crippen molar-refractivity contribution in [2.45, 2.75) is 13.3 Å². The molecule has 2 N–H and O–H groups in total. The van der Waals surface area contributed by atoms with Gasteiger partial charge in [-0.05, 0) is 6.42 Å². The average molecular weight is 383 g/mol. The predicted molar refractivity (Wildman–Crippen MR) is 94.9 cm³/mol. The molecule has 24 heavy (non-hydrogen) atoms. The molecule has 0 aromatic rings. The lowest BCUT2D eigenvalue weighted by molar-refractivity contribution is -0.142. The summed E-state index contributed by atoms with van der Waals surface area (Å²) in [6, 6.07) is 0. The van der Waals surface area contributed by atoms with Crippen molar-refractivity contribution in [1.82, 2.24) is 10.6 Å². The van der Waals surface area contributed by atoms with Crippen molar-refractivity contribution >= 4 is 39.4 Å². The zero-order chi connectivity index (χ0) is 18.0. The molecule has 0 aliphatic carbocycles. The Morgan fingerprint density at radius 1 is 0.875 bits per heavy atom. The molecule has 0 heterocycles. The molecular weight excluding hydrogens is 356 g/mol. The number of likely N-dealkylation sites (N-methyl/N-ethyl adjacent to an activating group) is 1. The van der Waals surface area contributed by atoms with Gasteiger partial charge in [0.15, 0.2) is 0 Å². The number of esters is 1. The monoisotopic (exact) mass is 382 g/mol. The maximum Gasteiger partial charge on any atom is 0.309 e. The second-order valence-corrected chi connectivity index (χ2v) is 7.10. The molecule has 140 valence electrons. The molecule has 0 aliphatic rings. The normalized spacial score (nSPS) is 10.2. The van der Waals surface area contributed by atoms with Crippen LogP contribution in [-0.4, -0.2) is 75.9 Å². The van der Waals surface area contributed by atoms with Crippen molar-refractivity contribution in [2.24, 2.45) is 0 Å². The van der Waals surface area contributed by atoms with Crippen molar-refractivity contribution in [2.75, 3.05) is 58.1 Å². The number of nitrogens with one attached hydrogen (secondary N) is 2. The number of carbonyl (C=O) groups is 3. The lowest BCUT2D eigenvalue weighted by atomic mass is 10.5. The first-order chi connectivity index (χ1) is 11.6. The summed E-state index contributed by atoms with van der Waals surface area (Å²) < 4.78 is 15.3. The summed E-state index contributed by atoms with van der Waals surface area (Å²) >= 11 is 0. The largest absolute Gasteiger partial charge is 0.463 e. The molecule has 0 unspecified atom stereocenters. The number of hydrogen-bond acceptors (Lipinski definition) is 8. The van der Waals surface area contributed by atoms with Crippen molar-refractivity contribution < 1.29 is 28.6 Å². The molecule has 0 atom stereocenters. The number of amides is 2. The molecule has 0 rings (SSSR count). The number of rotatable bonds is 14. The molecule has 0 bridgehead atoms. The van der Waals surface area contributed by atoms with E-state index in [9.17, 15) is 14.4 Å². The highest BCUT2D eigenvalue weighted by Gasteiger charge is 2.09. The van der Waals surface area contributed by atoms with E-state index in [1.165, 1.54) is 14.0 Å². The summed E-state index contributed by atoms with van der Waals surface area (Å²) in [6.45, 7) is 4.13. The molecule has 0 saturated carbocycles. The van der Waals surface area contributed by atoms with Crippen molar-refractivity contribution in [1.29, 1.82) is 0 Å². The fourth-order valence-electron chi connectivity index (χ4n) is 1.30. The van der Waals surface area contributed by atoms with Crippen LogP contribution in [0.5, 0.6) is 0 Å². The van der Waals surface area contributed by atoms with Crippen molar-refractivity contribution in [3.05, 3.63) is 0 Å². The molecule has 10 heteroatoms. The highest BCUT2D eigenvalue weighted by atomic mass is 33.1. The Bertz CT molecular complexity index is 371. The van der Waals surface area contributed by atoms with E-state index in [4.69, 9.17) is 14.2 Å². The van der Waals surface area contributed by atoms with Crippen LogP contribution in [0.25, 0.3) is 0 Å². The van der Waals surface area contributed by atoms with Crippen LogP contribution < -0.4 is 10.6 Å². The molecule has 0 aromatic carbocycles. The van der Waals surface area contributed by atoms with Gasteiger partial charge in [0.05, 0.1) is 19.8 Å². The van der Waals surface area contributed by atoms with Crippen LogP contribution in [-0.2, 0) is 28.6 Å². The Morgan fingerprint density at radius 2 is 1.50 bits per heavy atom. The second-order valence-electron chi connectivity index (χ2n) is 4.40. The highest BCUT2D eigenvalue weighted by molar-refractivity contribution is 8.76. The molecule has 0 saturated heterocycles. The van der Waals surface area contributed by atoms with E-state index in [1.54, 1.807) is 21.6 Å². The first-order valence-corrected chi connectivity index (χ1v) is 10.1. The maximum absolute atomic E-state index is 11.1. The van der Waals surface area contributed by atoms with Gasteiger partial charge in [-0.3, -0.25) is 14.4 Å². The summed E-state index contributed by atoms with van der Waals surface area (Å²) in [7, 11) is 4.76. The summed E-state index contributed by atoms with van der Waals surface area (Å²) in [5.41, 5.74) is 0. The van der Waals surface area contributed by atoms with E-state index in [0.29, 0.717) is 33.0 Å². The first kappa shape index (κ1) is 23.0. The SMILES string of the molecule is CNC(=O)C(=O)NCCSSCCCOCCOCCOC(C)=O. The second kappa shape index (κ2) is 16.9. The summed E-state index contributed by atoms with van der Waals surface area (Å²) in [5, 5.41) is 4.79. The highest BCUT2D eigenvalue weighted by Crippen LogP contribution is 2.20. The number of carbonyl (C=O) groups excluding carboxylic acids is 3. The Morgan fingerprint density at radius 3 is 2.17 bits per heavy atom. The average Bonchev–Trinajstić information content (AvgIpc) is 2.57. The lowest BCUT2D eigenvalue weighted by Gasteiger charge is -2.06. The van der Waals surface area contributed by atoms with Gasteiger partial charge in [-0.1, -0.05) is 21.6 Å². The molecule has 2 amide bonds. The summed E-state index contributed by atoms with van der Waals surface area (Å²) in [5.74, 6) is 0.150. The molecule has 0 aliphatic heterocycles. The Kier molecular flexibility index (Phi) is 16.2. The van der Waals surface area contributed by atoms with Crippen LogP contribution in [0.1, 0.15) is 13.3 Å². The van der Waals surface area contributed by atoms with E-state index in [1.807, 2.05) is 0 Å². The van der Waals surface area contributed by atoms with Crippen LogP contribution in [0.15, 0.2) is 0 Å². The molecular formula is C14H26N2O6S2. The van der Waals surface area contributed by atoms with Crippen LogP contribution >= 0.6 is 21.6 Å². The van der Waals surface area contributed by atoms with E-state index >= 15 is 0 Å². The quantitative estimate of drug-likeness (QED) is 0.190. The lowest BCUT2D eigenvalue weighted by Crippen LogP contribution is -2.38. The molecule has 8 nitrogen and oxygen atoms in total. The topological polar surface area (TPSA) is 103 Å². The minimum absolute atomic E-state index is 0.271. The first-order valence-electron chi connectivity index (χ1n) is 7.61. The predicted octanol–water partition coefficient (Wildman–Crippen LogP) is 0.216. The van der Waals surface area contributed by atoms with E-state index in [-0.39, 0.29) is 12.6 Å². The third-order valence-corrected chi connectivity index (χ3v) is 4.90. The molecule has 0 fully saturated rings. The summed E-state index contributed by atoms with van der Waals surface area (Å²) in [4.78, 5) is 32.6. The molecule has 0 radical (unpaired) electrons. The van der Waals surface area contributed by atoms with E-state index < -0.39 is 11.8 Å². The third-order valence-electron chi connectivity index (χ3n) is 2.41. The number of ether oxygens (including phenoxy) is 3. The smallest absolute Gasteiger partial charge is 0.309 e. The zero-order valence-electron chi connectivity index (χ0n) is 14.1.